The minimum atomic E-state index is -0.172. The largest absolute Gasteiger partial charge is 0.367 e. The molecule has 0 aliphatic carbocycles. The summed E-state index contributed by atoms with van der Waals surface area (Å²) in [5, 5.41) is 9.97. The van der Waals surface area contributed by atoms with Crippen molar-refractivity contribution in [2.24, 2.45) is 0 Å². The van der Waals surface area contributed by atoms with E-state index in [9.17, 15) is 13.2 Å². The summed E-state index contributed by atoms with van der Waals surface area (Å²) < 4.78 is 55.7. The molecule has 0 aromatic heterocycles. The van der Waals surface area contributed by atoms with Crippen LogP contribution >= 0.6 is 0 Å². The fourth-order valence-corrected chi connectivity index (χ4v) is 6.45. The van der Waals surface area contributed by atoms with Crippen LogP contribution in [0.1, 0.15) is 71.0 Å². The molecule has 0 saturated carbocycles. The summed E-state index contributed by atoms with van der Waals surface area (Å²) in [6.07, 6.45) is 3.88. The Hall–Kier alpha value is -2.79. The molecule has 9 heteroatoms. The van der Waals surface area contributed by atoms with E-state index in [2.05, 4.69) is 16.0 Å². The van der Waals surface area contributed by atoms with Crippen LogP contribution in [0.5, 0.6) is 0 Å². The van der Waals surface area contributed by atoms with Gasteiger partial charge in [-0.2, -0.15) is 0 Å². The number of ether oxygens (including phenoxy) is 3. The molecule has 9 rings (SSSR count). The first-order valence-corrected chi connectivity index (χ1v) is 14.9. The highest BCUT2D eigenvalue weighted by atomic mass is 19.1. The quantitative estimate of drug-likeness (QED) is 0.393. The van der Waals surface area contributed by atoms with Crippen molar-refractivity contribution in [2.75, 3.05) is 19.6 Å². The first kappa shape index (κ1) is 28.0. The van der Waals surface area contributed by atoms with Crippen LogP contribution in [0.15, 0.2) is 54.6 Å². The maximum Gasteiger partial charge on any atom is 0.123 e. The van der Waals surface area contributed by atoms with Gasteiger partial charge in [-0.1, -0.05) is 18.2 Å². The van der Waals surface area contributed by atoms with Crippen molar-refractivity contribution in [1.82, 2.24) is 16.0 Å². The van der Waals surface area contributed by atoms with E-state index in [-0.39, 0.29) is 35.8 Å². The van der Waals surface area contributed by atoms with Crippen LogP contribution in [-0.2, 0) is 34.0 Å². The second-order valence-electron chi connectivity index (χ2n) is 11.8. The summed E-state index contributed by atoms with van der Waals surface area (Å²) >= 11 is 0. The van der Waals surface area contributed by atoms with Gasteiger partial charge in [0.1, 0.15) is 17.5 Å². The predicted molar refractivity (Wildman–Crippen MR) is 151 cm³/mol. The second-order valence-corrected chi connectivity index (χ2v) is 11.8. The lowest BCUT2D eigenvalue weighted by atomic mass is 9.94. The third-order valence-corrected chi connectivity index (χ3v) is 9.17. The van der Waals surface area contributed by atoms with Gasteiger partial charge in [0.2, 0.25) is 0 Å². The van der Waals surface area contributed by atoms with Gasteiger partial charge in [0.15, 0.2) is 0 Å². The molecule has 0 spiro atoms. The molecule has 3 fully saturated rings. The Labute approximate surface area is 243 Å². The molecule has 3 aromatic carbocycles. The van der Waals surface area contributed by atoms with E-state index in [0.717, 1.165) is 72.3 Å². The SMILES string of the molecule is Fc1ccc2c(c1)COC2[C@@H]1CCN1.Fc1ccc2c(c1)CO[C@@H]2[C@@H]1CCN1.Fc1ccc2c(c1)CO[C@H]2[C@@H]1CCN1. The van der Waals surface area contributed by atoms with E-state index in [0.29, 0.717) is 37.9 Å². The van der Waals surface area contributed by atoms with E-state index in [1.54, 1.807) is 18.2 Å². The number of benzene rings is 3. The number of hydrogen-bond acceptors (Lipinski definition) is 6. The van der Waals surface area contributed by atoms with Gasteiger partial charge in [0, 0.05) is 18.1 Å². The zero-order valence-corrected chi connectivity index (χ0v) is 23.4. The van der Waals surface area contributed by atoms with Gasteiger partial charge in [-0.3, -0.25) is 0 Å². The van der Waals surface area contributed by atoms with Crippen LogP contribution in [0.2, 0.25) is 0 Å². The first-order valence-electron chi connectivity index (χ1n) is 14.9. The van der Waals surface area contributed by atoms with Crippen LogP contribution in [0.25, 0.3) is 0 Å². The molecular formula is C33H36F3N3O3. The monoisotopic (exact) mass is 579 g/mol. The van der Waals surface area contributed by atoms with Gasteiger partial charge in [-0.15, -0.1) is 0 Å². The lowest BCUT2D eigenvalue weighted by molar-refractivity contribution is 0.0193. The van der Waals surface area contributed by atoms with E-state index in [4.69, 9.17) is 14.2 Å². The third-order valence-electron chi connectivity index (χ3n) is 9.17. The van der Waals surface area contributed by atoms with Gasteiger partial charge >= 0.3 is 0 Å². The number of rotatable bonds is 3. The molecule has 3 aromatic rings. The summed E-state index contributed by atoms with van der Waals surface area (Å²) in [6.45, 7) is 4.87. The molecule has 6 heterocycles. The van der Waals surface area contributed by atoms with Gasteiger partial charge in [-0.25, -0.2) is 13.2 Å². The Bertz CT molecular complexity index is 1260. The highest BCUT2D eigenvalue weighted by Crippen LogP contribution is 2.38. The third kappa shape index (κ3) is 5.62. The van der Waals surface area contributed by atoms with Crippen LogP contribution in [0.4, 0.5) is 13.2 Å². The summed E-state index contributed by atoms with van der Waals surface area (Å²) in [4.78, 5) is 0. The van der Waals surface area contributed by atoms with Crippen LogP contribution in [0.3, 0.4) is 0 Å². The fraction of sp³-hybridized carbons (Fsp3) is 0.455. The van der Waals surface area contributed by atoms with Crippen molar-refractivity contribution < 1.29 is 27.4 Å². The minimum absolute atomic E-state index is 0.138. The lowest BCUT2D eigenvalue weighted by Gasteiger charge is -2.32. The Morgan fingerprint density at radius 3 is 1.00 bits per heavy atom. The Kier molecular flexibility index (Phi) is 8.05. The molecule has 6 nitrogen and oxygen atoms in total. The van der Waals surface area contributed by atoms with Crippen LogP contribution < -0.4 is 16.0 Å². The molecule has 3 saturated heterocycles. The molecule has 0 bridgehead atoms. The van der Waals surface area contributed by atoms with Gasteiger partial charge < -0.3 is 30.2 Å². The highest BCUT2D eigenvalue weighted by molar-refractivity contribution is 5.35. The first-order chi connectivity index (χ1) is 20.5. The van der Waals surface area contributed by atoms with Gasteiger partial charge in [0.25, 0.3) is 0 Å². The number of halogens is 3. The zero-order valence-electron chi connectivity index (χ0n) is 23.4. The molecule has 6 aliphatic heterocycles. The predicted octanol–water partition coefficient (Wildman–Crippen LogP) is 5.28. The average Bonchev–Trinajstić information content (AvgIpc) is 3.60. The summed E-state index contributed by atoms with van der Waals surface area (Å²) in [5.74, 6) is -0.515. The molecule has 3 N–H and O–H groups in total. The normalized spacial score (nSPS) is 29.8. The topological polar surface area (TPSA) is 63.8 Å². The summed E-state index contributed by atoms with van der Waals surface area (Å²) in [5.41, 5.74) is 6.48. The molecule has 0 amide bonds. The summed E-state index contributed by atoms with van der Waals surface area (Å²) in [7, 11) is 0. The molecule has 222 valence electrons. The van der Waals surface area contributed by atoms with Crippen molar-refractivity contribution in [3.63, 3.8) is 0 Å². The van der Waals surface area contributed by atoms with Crippen molar-refractivity contribution in [1.29, 1.82) is 0 Å². The standard InChI is InChI=1S/3C11H12FNO/c3*12-8-1-2-9-7(5-8)6-14-11(9)10-3-4-13-10/h3*1-2,5,10-11,13H,3-4,6H2/t10-,11?;10-,11+;10-,11-/m000/s1. The molecular weight excluding hydrogens is 543 g/mol. The van der Waals surface area contributed by atoms with Crippen molar-refractivity contribution >= 4 is 0 Å². The molecule has 6 aliphatic rings. The smallest absolute Gasteiger partial charge is 0.123 e. The molecule has 6 atom stereocenters. The number of hydrogen-bond donors (Lipinski definition) is 3. The molecule has 1 unspecified atom stereocenters. The van der Waals surface area contributed by atoms with Crippen molar-refractivity contribution in [3.05, 3.63) is 105 Å². The summed E-state index contributed by atoms with van der Waals surface area (Å²) in [6, 6.07) is 16.1. The average molecular weight is 580 g/mol. The molecule has 42 heavy (non-hydrogen) atoms. The van der Waals surface area contributed by atoms with E-state index in [1.807, 2.05) is 18.2 Å². The van der Waals surface area contributed by atoms with E-state index >= 15 is 0 Å². The second kappa shape index (κ2) is 12.1. The molecule has 0 radical (unpaired) electrons. The Morgan fingerprint density at radius 2 is 0.762 bits per heavy atom. The lowest BCUT2D eigenvalue weighted by Crippen LogP contribution is -2.46. The highest BCUT2D eigenvalue weighted by Gasteiger charge is 2.36. The zero-order chi connectivity index (χ0) is 28.6. The Morgan fingerprint density at radius 1 is 0.476 bits per heavy atom. The van der Waals surface area contributed by atoms with Gasteiger partial charge in [0.05, 0.1) is 38.1 Å². The van der Waals surface area contributed by atoms with E-state index in [1.165, 1.54) is 18.2 Å². The van der Waals surface area contributed by atoms with Gasteiger partial charge in [-0.05, 0) is 109 Å². The fourth-order valence-electron chi connectivity index (χ4n) is 6.45. The Balaban J connectivity index is 0.000000103. The maximum atomic E-state index is 12.9. The number of nitrogens with one attached hydrogen (secondary N) is 3. The van der Waals surface area contributed by atoms with Crippen LogP contribution in [-0.4, -0.2) is 37.8 Å². The van der Waals surface area contributed by atoms with Crippen LogP contribution in [0, 0.1) is 17.5 Å². The van der Waals surface area contributed by atoms with Crippen molar-refractivity contribution in [2.45, 2.75) is 75.5 Å². The minimum Gasteiger partial charge on any atom is -0.367 e. The van der Waals surface area contributed by atoms with E-state index < -0.39 is 0 Å². The maximum absolute atomic E-state index is 12.9. The number of fused-ring (bicyclic) bond motifs is 3. The van der Waals surface area contributed by atoms with Crippen molar-refractivity contribution in [3.8, 4) is 0 Å².